The van der Waals surface area contributed by atoms with Crippen molar-refractivity contribution in [2.75, 3.05) is 0 Å². The topological polar surface area (TPSA) is 17.1 Å². The van der Waals surface area contributed by atoms with Crippen molar-refractivity contribution in [2.24, 2.45) is 5.92 Å². The lowest BCUT2D eigenvalue weighted by molar-refractivity contribution is -0.123. The van der Waals surface area contributed by atoms with Gasteiger partial charge in [0.2, 0.25) is 0 Å². The maximum Gasteiger partial charge on any atom is 0.137 e. The molecule has 2 aromatic rings. The molecule has 1 saturated carbocycles. The molecule has 0 aliphatic heterocycles. The van der Waals surface area contributed by atoms with Crippen LogP contribution in [-0.4, -0.2) is 10.4 Å². The first-order valence-corrected chi connectivity index (χ1v) is 9.55. The van der Waals surface area contributed by atoms with Crippen molar-refractivity contribution < 1.29 is 4.79 Å². The molecular weight excluding hydrogens is 308 g/mol. The Kier molecular flexibility index (Phi) is 5.63. The van der Waals surface area contributed by atoms with Gasteiger partial charge in [-0.15, -0.1) is 23.5 Å². The smallest absolute Gasteiger partial charge is 0.137 e. The quantitative estimate of drug-likeness (QED) is 0.521. The van der Waals surface area contributed by atoms with Gasteiger partial charge >= 0.3 is 0 Å². The average molecular weight is 329 g/mol. The Labute approximate surface area is 140 Å². The predicted octanol–water partition coefficient (Wildman–Crippen LogP) is 5.66. The molecule has 114 valence electrons. The maximum atomic E-state index is 12.4. The lowest BCUT2D eigenvalue weighted by atomic mass is 9.89. The third-order valence-corrected chi connectivity index (χ3v) is 6.71. The second-order valence-corrected chi connectivity index (χ2v) is 8.28. The highest BCUT2D eigenvalue weighted by Crippen LogP contribution is 2.43. The van der Waals surface area contributed by atoms with Gasteiger partial charge in [0.25, 0.3) is 0 Å². The van der Waals surface area contributed by atoms with Gasteiger partial charge in [-0.2, -0.15) is 0 Å². The van der Waals surface area contributed by atoms with E-state index >= 15 is 0 Å². The number of Topliss-reactive ketones (excluding diaryl/α,β-unsaturated/α-hetero) is 1. The van der Waals surface area contributed by atoms with E-state index in [0.717, 1.165) is 19.3 Å². The zero-order valence-corrected chi connectivity index (χ0v) is 14.1. The van der Waals surface area contributed by atoms with Gasteiger partial charge in [0.15, 0.2) is 0 Å². The molecule has 22 heavy (non-hydrogen) atoms. The summed E-state index contributed by atoms with van der Waals surface area (Å²) in [6.45, 7) is 0. The maximum absolute atomic E-state index is 12.4. The van der Waals surface area contributed by atoms with Crippen LogP contribution in [-0.2, 0) is 4.79 Å². The molecule has 1 aliphatic carbocycles. The number of rotatable bonds is 5. The number of carbonyl (C=O) groups excluding carboxylic acids is 1. The van der Waals surface area contributed by atoms with Crippen molar-refractivity contribution in [1.82, 2.24) is 0 Å². The molecule has 1 fully saturated rings. The summed E-state index contributed by atoms with van der Waals surface area (Å²) in [5.74, 6) is 0.618. The molecule has 3 heteroatoms. The van der Waals surface area contributed by atoms with Gasteiger partial charge < -0.3 is 0 Å². The number of benzene rings is 2. The Morgan fingerprint density at radius 3 is 1.86 bits per heavy atom. The van der Waals surface area contributed by atoms with Gasteiger partial charge in [0.1, 0.15) is 5.78 Å². The summed E-state index contributed by atoms with van der Waals surface area (Å²) in [7, 11) is 0. The van der Waals surface area contributed by atoms with Crippen molar-refractivity contribution in [3.05, 3.63) is 60.7 Å². The summed E-state index contributed by atoms with van der Waals surface area (Å²) in [5.41, 5.74) is 0. The van der Waals surface area contributed by atoms with Gasteiger partial charge in [0, 0.05) is 22.1 Å². The normalized spacial score (nSPS) is 18.6. The molecule has 0 amide bonds. The number of ketones is 1. The van der Waals surface area contributed by atoms with E-state index in [-0.39, 0.29) is 10.5 Å². The third-order valence-electron chi connectivity index (χ3n) is 3.92. The van der Waals surface area contributed by atoms with Crippen molar-refractivity contribution in [1.29, 1.82) is 0 Å². The summed E-state index contributed by atoms with van der Waals surface area (Å²) in [4.78, 5) is 14.9. The van der Waals surface area contributed by atoms with Crippen LogP contribution in [0.1, 0.15) is 25.7 Å². The monoisotopic (exact) mass is 328 g/mol. The fourth-order valence-electron chi connectivity index (χ4n) is 2.75. The molecular formula is C19H20OS2. The summed E-state index contributed by atoms with van der Waals surface area (Å²) in [5, 5.41) is 0. The lowest BCUT2D eigenvalue weighted by Gasteiger charge is -2.28. The Morgan fingerprint density at radius 1 is 0.818 bits per heavy atom. The Balaban J connectivity index is 1.79. The van der Waals surface area contributed by atoms with Crippen molar-refractivity contribution in [3.63, 3.8) is 0 Å². The number of hydrogen-bond acceptors (Lipinski definition) is 3. The average Bonchev–Trinajstić information content (AvgIpc) is 2.57. The molecule has 0 N–H and O–H groups in total. The molecule has 1 aliphatic rings. The highest BCUT2D eigenvalue weighted by atomic mass is 32.2. The first-order valence-electron chi connectivity index (χ1n) is 7.79. The van der Waals surface area contributed by atoms with E-state index in [1.807, 2.05) is 35.7 Å². The second kappa shape index (κ2) is 7.89. The van der Waals surface area contributed by atoms with Gasteiger partial charge in [-0.3, -0.25) is 4.79 Å². The third kappa shape index (κ3) is 4.17. The van der Waals surface area contributed by atoms with E-state index in [1.54, 1.807) is 0 Å². The molecule has 0 heterocycles. The molecule has 1 unspecified atom stereocenters. The minimum Gasteiger partial charge on any atom is -0.299 e. The number of carbonyl (C=O) groups is 1. The van der Waals surface area contributed by atoms with Crippen LogP contribution >= 0.6 is 23.5 Å². The fraction of sp³-hybridized carbons (Fsp3) is 0.316. The zero-order chi connectivity index (χ0) is 15.2. The highest BCUT2D eigenvalue weighted by molar-refractivity contribution is 8.17. The molecule has 0 saturated heterocycles. The standard InChI is InChI=1S/C19H20OS2/c20-18-14-8-7-13-17(18)19(21-15-9-3-1-4-10-15)22-16-11-5-2-6-12-16/h1-6,9-12,17,19H,7-8,13-14H2. The number of hydrogen-bond donors (Lipinski definition) is 0. The van der Waals surface area contributed by atoms with Crippen LogP contribution < -0.4 is 0 Å². The molecule has 0 aromatic heterocycles. The van der Waals surface area contributed by atoms with Crippen molar-refractivity contribution >= 4 is 29.3 Å². The van der Waals surface area contributed by atoms with Crippen LogP contribution in [0.3, 0.4) is 0 Å². The van der Waals surface area contributed by atoms with Gasteiger partial charge in [-0.05, 0) is 37.1 Å². The fourth-order valence-corrected chi connectivity index (χ4v) is 5.68. The molecule has 3 rings (SSSR count). The number of thioether (sulfide) groups is 2. The molecule has 0 spiro atoms. The Bertz CT molecular complexity index is 556. The largest absolute Gasteiger partial charge is 0.299 e. The molecule has 1 nitrogen and oxygen atoms in total. The van der Waals surface area contributed by atoms with E-state index in [9.17, 15) is 4.79 Å². The SMILES string of the molecule is O=C1CCCCC1C(Sc1ccccc1)Sc1ccccc1. The molecule has 2 aromatic carbocycles. The van der Waals surface area contributed by atoms with E-state index in [4.69, 9.17) is 0 Å². The van der Waals surface area contributed by atoms with Gasteiger partial charge in [-0.1, -0.05) is 42.8 Å². The van der Waals surface area contributed by atoms with E-state index < -0.39 is 0 Å². The summed E-state index contributed by atoms with van der Waals surface area (Å²) >= 11 is 3.67. The first kappa shape index (κ1) is 15.7. The van der Waals surface area contributed by atoms with Gasteiger partial charge in [-0.25, -0.2) is 0 Å². The van der Waals surface area contributed by atoms with Crippen LogP contribution in [0.2, 0.25) is 0 Å². The Hall–Kier alpha value is -1.19. The van der Waals surface area contributed by atoms with E-state index in [1.165, 1.54) is 16.2 Å². The van der Waals surface area contributed by atoms with E-state index in [0.29, 0.717) is 5.78 Å². The molecule has 0 radical (unpaired) electrons. The minimum absolute atomic E-state index is 0.171. The van der Waals surface area contributed by atoms with Crippen LogP contribution in [0.4, 0.5) is 0 Å². The summed E-state index contributed by atoms with van der Waals surface area (Å²) in [6.07, 6.45) is 4.03. The summed E-state index contributed by atoms with van der Waals surface area (Å²) < 4.78 is 0.262. The lowest BCUT2D eigenvalue weighted by Crippen LogP contribution is -2.27. The first-order chi connectivity index (χ1) is 10.8. The molecule has 0 bridgehead atoms. The van der Waals surface area contributed by atoms with Crippen LogP contribution in [0, 0.1) is 5.92 Å². The minimum atomic E-state index is 0.171. The summed E-state index contributed by atoms with van der Waals surface area (Å²) in [6, 6.07) is 20.9. The van der Waals surface area contributed by atoms with Crippen LogP contribution in [0.5, 0.6) is 0 Å². The zero-order valence-electron chi connectivity index (χ0n) is 12.5. The predicted molar refractivity (Wildman–Crippen MR) is 95.4 cm³/mol. The van der Waals surface area contributed by atoms with Gasteiger partial charge in [0.05, 0.1) is 4.58 Å². The van der Waals surface area contributed by atoms with Crippen molar-refractivity contribution in [2.45, 2.75) is 40.1 Å². The Morgan fingerprint density at radius 2 is 1.36 bits per heavy atom. The highest BCUT2D eigenvalue weighted by Gasteiger charge is 2.31. The van der Waals surface area contributed by atoms with E-state index in [2.05, 4.69) is 48.5 Å². The molecule has 1 atom stereocenters. The van der Waals surface area contributed by atoms with Crippen molar-refractivity contribution in [3.8, 4) is 0 Å². The van der Waals surface area contributed by atoms with Crippen LogP contribution in [0.15, 0.2) is 70.5 Å². The van der Waals surface area contributed by atoms with Crippen LogP contribution in [0.25, 0.3) is 0 Å². The second-order valence-electron chi connectivity index (χ2n) is 5.55.